The van der Waals surface area contributed by atoms with E-state index < -0.39 is 10.8 Å². The van der Waals surface area contributed by atoms with Crippen LogP contribution in [-0.2, 0) is 17.2 Å². The number of aromatic nitrogens is 4. The Bertz CT molecular complexity index is 1060. The Labute approximate surface area is 201 Å². The summed E-state index contributed by atoms with van der Waals surface area (Å²) in [5.74, 6) is 4.40. The predicted octanol–water partition coefficient (Wildman–Crippen LogP) is 2.56. The fourth-order valence-corrected chi connectivity index (χ4v) is 7.72. The highest BCUT2D eigenvalue weighted by Gasteiger charge is 2.46. The minimum absolute atomic E-state index is 0.0646. The summed E-state index contributed by atoms with van der Waals surface area (Å²) in [5, 5.41) is 10.8. The molecule has 0 radical (unpaired) electrons. The smallest absolute Gasteiger partial charge is 0.227 e. The first-order valence-electron chi connectivity index (χ1n) is 12.0. The van der Waals surface area contributed by atoms with Gasteiger partial charge in [-0.05, 0) is 37.5 Å². The van der Waals surface area contributed by atoms with Gasteiger partial charge in [-0.1, -0.05) is 18.0 Å². The number of hydrogen-bond donors (Lipinski definition) is 1. The first-order chi connectivity index (χ1) is 16.1. The second kappa shape index (κ2) is 8.74. The van der Waals surface area contributed by atoms with Crippen LogP contribution in [0.25, 0.3) is 0 Å². The van der Waals surface area contributed by atoms with Gasteiger partial charge < -0.3 is 14.9 Å². The van der Waals surface area contributed by atoms with Crippen molar-refractivity contribution in [1.82, 2.24) is 19.9 Å². The number of fused-ring (bicyclic) bond motifs is 2. The molecule has 0 bridgehead atoms. The lowest BCUT2D eigenvalue weighted by Crippen LogP contribution is -2.38. The molecule has 0 aromatic carbocycles. The van der Waals surface area contributed by atoms with Crippen molar-refractivity contribution in [3.05, 3.63) is 28.9 Å². The number of nitrogens with zero attached hydrogens (tertiary/aromatic N) is 6. The first-order valence-corrected chi connectivity index (χ1v) is 13.7. The lowest BCUT2D eigenvalue weighted by molar-refractivity contribution is 0.232. The van der Waals surface area contributed by atoms with Crippen LogP contribution in [0.2, 0.25) is 5.02 Å². The molecule has 10 heteroatoms. The molecule has 1 saturated carbocycles. The summed E-state index contributed by atoms with van der Waals surface area (Å²) in [4.78, 5) is 24.0. The molecular weight excluding hydrogens is 460 g/mol. The SMILES string of the molecule is O=[S@]1CCc2nc(N3CCC(c4ncc(Cl)cn4)CC3)nc(N3CC4CCCC4C3CO)c21. The standard InChI is InChI=1S/C23H29ClN6O2S/c24-16-10-25-21(26-11-16)14-4-7-29(8-5-14)23-27-18-6-9-33(32)20(18)22(28-23)30-12-15-2-1-3-17(15)19(30)13-31/h10-11,14-15,17,19,31H,1-9,12-13H2/t15?,17?,19?,33-/m0/s1. The van der Waals surface area contributed by atoms with Crippen molar-refractivity contribution in [1.29, 1.82) is 0 Å². The molecule has 33 heavy (non-hydrogen) atoms. The molecule has 2 aromatic heterocycles. The van der Waals surface area contributed by atoms with E-state index in [1.807, 2.05) is 0 Å². The Morgan fingerprint density at radius 3 is 2.67 bits per heavy atom. The van der Waals surface area contributed by atoms with Crippen LogP contribution in [0, 0.1) is 11.8 Å². The highest BCUT2D eigenvalue weighted by atomic mass is 35.5. The molecule has 0 amide bonds. The molecule has 2 saturated heterocycles. The van der Waals surface area contributed by atoms with E-state index in [0.717, 1.165) is 73.5 Å². The molecule has 1 N–H and O–H groups in total. The molecular formula is C23H29ClN6O2S. The predicted molar refractivity (Wildman–Crippen MR) is 127 cm³/mol. The van der Waals surface area contributed by atoms with Crippen molar-refractivity contribution in [2.45, 2.75) is 55.4 Å². The third kappa shape index (κ3) is 3.82. The number of halogens is 1. The molecule has 6 rings (SSSR count). The van der Waals surface area contributed by atoms with E-state index in [0.29, 0.717) is 28.5 Å². The maximum absolute atomic E-state index is 12.9. The van der Waals surface area contributed by atoms with Gasteiger partial charge in [0.05, 0.1) is 34.2 Å². The van der Waals surface area contributed by atoms with Crippen molar-refractivity contribution >= 4 is 34.2 Å². The number of rotatable bonds is 4. The van der Waals surface area contributed by atoms with Crippen molar-refractivity contribution < 1.29 is 9.32 Å². The average Bonchev–Trinajstić information content (AvgIpc) is 3.54. The van der Waals surface area contributed by atoms with Crippen LogP contribution in [-0.4, -0.2) is 67.3 Å². The summed E-state index contributed by atoms with van der Waals surface area (Å²) in [5.41, 5.74) is 0.922. The van der Waals surface area contributed by atoms with Gasteiger partial charge in [0.2, 0.25) is 5.95 Å². The van der Waals surface area contributed by atoms with Crippen LogP contribution in [0.1, 0.15) is 49.5 Å². The topological polar surface area (TPSA) is 95.3 Å². The summed E-state index contributed by atoms with van der Waals surface area (Å²) >= 11 is 5.94. The molecule has 3 fully saturated rings. The molecule has 4 aliphatic rings. The Morgan fingerprint density at radius 1 is 1.12 bits per heavy atom. The van der Waals surface area contributed by atoms with Gasteiger partial charge in [-0.3, -0.25) is 4.21 Å². The molecule has 3 unspecified atom stereocenters. The third-order valence-corrected chi connectivity index (χ3v) is 9.59. The van der Waals surface area contributed by atoms with Crippen molar-refractivity contribution in [2.75, 3.05) is 41.8 Å². The Hall–Kier alpha value is -1.84. The van der Waals surface area contributed by atoms with E-state index >= 15 is 0 Å². The number of aliphatic hydroxyl groups excluding tert-OH is 1. The van der Waals surface area contributed by atoms with Gasteiger partial charge in [-0.25, -0.2) is 15.0 Å². The van der Waals surface area contributed by atoms with Crippen LogP contribution < -0.4 is 9.80 Å². The van der Waals surface area contributed by atoms with Crippen molar-refractivity contribution in [3.8, 4) is 0 Å². The number of anilines is 2. The van der Waals surface area contributed by atoms with Gasteiger partial charge in [0.15, 0.2) is 5.82 Å². The van der Waals surface area contributed by atoms with Crippen molar-refractivity contribution in [2.24, 2.45) is 11.8 Å². The number of aliphatic hydroxyl groups is 1. The van der Waals surface area contributed by atoms with Gasteiger partial charge >= 0.3 is 0 Å². The normalized spacial score (nSPS) is 29.5. The molecule has 1 aliphatic carbocycles. The highest BCUT2D eigenvalue weighted by molar-refractivity contribution is 7.85. The van der Waals surface area contributed by atoms with Crippen LogP contribution in [0.3, 0.4) is 0 Å². The monoisotopic (exact) mass is 488 g/mol. The maximum atomic E-state index is 12.9. The van der Waals surface area contributed by atoms with E-state index in [1.165, 1.54) is 12.8 Å². The fraction of sp³-hybridized carbons (Fsp3) is 0.652. The van der Waals surface area contributed by atoms with E-state index in [9.17, 15) is 9.32 Å². The quantitative estimate of drug-likeness (QED) is 0.701. The Morgan fingerprint density at radius 2 is 1.91 bits per heavy atom. The lowest BCUT2D eigenvalue weighted by Gasteiger charge is -2.33. The maximum Gasteiger partial charge on any atom is 0.227 e. The summed E-state index contributed by atoms with van der Waals surface area (Å²) in [7, 11) is -1.07. The van der Waals surface area contributed by atoms with Gasteiger partial charge in [0, 0.05) is 50.1 Å². The highest BCUT2D eigenvalue weighted by Crippen LogP contribution is 2.45. The average molecular weight is 489 g/mol. The third-order valence-electron chi connectivity index (χ3n) is 7.94. The molecule has 176 valence electrons. The second-order valence-electron chi connectivity index (χ2n) is 9.70. The van der Waals surface area contributed by atoms with Crippen molar-refractivity contribution in [3.63, 3.8) is 0 Å². The van der Waals surface area contributed by atoms with Gasteiger partial charge in [0.25, 0.3) is 0 Å². The van der Waals surface area contributed by atoms with Gasteiger partial charge in [-0.2, -0.15) is 4.98 Å². The molecule has 2 aromatic rings. The zero-order valence-electron chi connectivity index (χ0n) is 18.6. The largest absolute Gasteiger partial charge is 0.394 e. The number of piperidine rings is 1. The van der Waals surface area contributed by atoms with E-state index in [2.05, 4.69) is 19.8 Å². The van der Waals surface area contributed by atoms with Crippen LogP contribution >= 0.6 is 11.6 Å². The molecule has 4 atom stereocenters. The lowest BCUT2D eigenvalue weighted by atomic mass is 9.94. The second-order valence-corrected chi connectivity index (χ2v) is 11.6. The Kier molecular flexibility index (Phi) is 5.74. The first kappa shape index (κ1) is 21.7. The van der Waals surface area contributed by atoms with Gasteiger partial charge in [-0.15, -0.1) is 0 Å². The summed E-state index contributed by atoms with van der Waals surface area (Å²) in [6, 6.07) is 0.0646. The molecule has 5 heterocycles. The minimum Gasteiger partial charge on any atom is -0.394 e. The summed E-state index contributed by atoms with van der Waals surface area (Å²) in [6.45, 7) is 2.67. The van der Waals surface area contributed by atoms with E-state index in [1.54, 1.807) is 12.4 Å². The summed E-state index contributed by atoms with van der Waals surface area (Å²) < 4.78 is 12.9. The Balaban J connectivity index is 1.28. The van der Waals surface area contributed by atoms with E-state index in [-0.39, 0.29) is 12.6 Å². The van der Waals surface area contributed by atoms with Crippen LogP contribution in [0.5, 0.6) is 0 Å². The number of aryl methyl sites for hydroxylation is 1. The fourth-order valence-electron chi connectivity index (χ4n) is 6.27. The van der Waals surface area contributed by atoms with Gasteiger partial charge in [0.1, 0.15) is 10.7 Å². The zero-order chi connectivity index (χ0) is 22.5. The molecule has 8 nitrogen and oxygen atoms in total. The summed E-state index contributed by atoms with van der Waals surface area (Å²) in [6.07, 6.45) is 9.52. The minimum atomic E-state index is -1.07. The van der Waals surface area contributed by atoms with E-state index in [4.69, 9.17) is 21.6 Å². The molecule has 0 spiro atoms. The zero-order valence-corrected chi connectivity index (χ0v) is 20.1. The number of hydrogen-bond acceptors (Lipinski definition) is 8. The molecule has 3 aliphatic heterocycles. The van der Waals surface area contributed by atoms with Crippen LogP contribution in [0.4, 0.5) is 11.8 Å². The van der Waals surface area contributed by atoms with Crippen LogP contribution in [0.15, 0.2) is 17.3 Å².